The number of imide groups is 1. The van der Waals surface area contributed by atoms with Gasteiger partial charge in [0.1, 0.15) is 5.54 Å². The Morgan fingerprint density at radius 2 is 1.96 bits per heavy atom. The van der Waals surface area contributed by atoms with Crippen molar-refractivity contribution in [2.75, 3.05) is 11.9 Å². The zero-order valence-electron chi connectivity index (χ0n) is 15.7. The van der Waals surface area contributed by atoms with Gasteiger partial charge in [-0.05, 0) is 30.5 Å². The molecule has 7 heteroatoms. The summed E-state index contributed by atoms with van der Waals surface area (Å²) in [6.45, 7) is 6.44. The van der Waals surface area contributed by atoms with Crippen LogP contribution >= 0.6 is 11.6 Å². The average Bonchev–Trinajstić information content (AvgIpc) is 3.20. The minimum atomic E-state index is -1.24. The van der Waals surface area contributed by atoms with E-state index in [4.69, 9.17) is 11.6 Å². The van der Waals surface area contributed by atoms with Crippen molar-refractivity contribution in [2.45, 2.75) is 45.2 Å². The maximum atomic E-state index is 13.3. The van der Waals surface area contributed by atoms with Crippen LogP contribution in [0.4, 0.5) is 5.69 Å². The molecule has 3 aliphatic heterocycles. The summed E-state index contributed by atoms with van der Waals surface area (Å²) < 4.78 is 0. The van der Waals surface area contributed by atoms with Crippen LogP contribution in [0.15, 0.2) is 18.2 Å². The Morgan fingerprint density at radius 3 is 2.63 bits per heavy atom. The molecule has 6 nitrogen and oxygen atoms in total. The molecule has 1 aromatic rings. The van der Waals surface area contributed by atoms with E-state index in [1.807, 2.05) is 20.8 Å². The third-order valence-electron chi connectivity index (χ3n) is 6.16. The molecule has 3 amide bonds. The van der Waals surface area contributed by atoms with E-state index in [9.17, 15) is 14.4 Å². The van der Waals surface area contributed by atoms with Gasteiger partial charge in [-0.3, -0.25) is 24.6 Å². The number of rotatable bonds is 4. The summed E-state index contributed by atoms with van der Waals surface area (Å²) in [6.07, 6.45) is 1.65. The molecule has 3 heterocycles. The lowest BCUT2D eigenvalue weighted by Gasteiger charge is -2.30. The number of carbonyl (C=O) groups is 3. The van der Waals surface area contributed by atoms with E-state index < -0.39 is 17.4 Å². The highest BCUT2D eigenvalue weighted by molar-refractivity contribution is 6.31. The second-order valence-electron chi connectivity index (χ2n) is 8.05. The minimum Gasteiger partial charge on any atom is -0.324 e. The van der Waals surface area contributed by atoms with Gasteiger partial charge in [-0.25, -0.2) is 0 Å². The van der Waals surface area contributed by atoms with Crippen LogP contribution in [0.5, 0.6) is 0 Å². The Hall–Kier alpha value is -1.92. The van der Waals surface area contributed by atoms with Gasteiger partial charge in [-0.1, -0.05) is 38.8 Å². The first-order valence-corrected chi connectivity index (χ1v) is 9.95. The molecule has 0 aliphatic carbocycles. The molecule has 2 saturated heterocycles. The summed E-state index contributed by atoms with van der Waals surface area (Å²) in [4.78, 5) is 41.0. The predicted octanol–water partition coefficient (Wildman–Crippen LogP) is 2.52. The zero-order chi connectivity index (χ0) is 19.5. The Bertz CT molecular complexity index is 840. The third-order valence-corrected chi connectivity index (χ3v) is 6.39. The van der Waals surface area contributed by atoms with Gasteiger partial charge in [-0.15, -0.1) is 0 Å². The van der Waals surface area contributed by atoms with Crippen molar-refractivity contribution >= 4 is 35.0 Å². The molecule has 3 aliphatic rings. The summed E-state index contributed by atoms with van der Waals surface area (Å²) in [5.41, 5.74) is 0.0667. The van der Waals surface area contributed by atoms with Gasteiger partial charge >= 0.3 is 0 Å². The van der Waals surface area contributed by atoms with Crippen molar-refractivity contribution in [3.05, 3.63) is 28.8 Å². The fraction of sp³-hybridized carbons (Fsp3) is 0.550. The number of nitrogens with zero attached hydrogens (tertiary/aromatic N) is 1. The molecule has 144 valence electrons. The van der Waals surface area contributed by atoms with E-state index in [0.717, 1.165) is 12.8 Å². The summed E-state index contributed by atoms with van der Waals surface area (Å²) in [6, 6.07) is 4.93. The summed E-state index contributed by atoms with van der Waals surface area (Å²) >= 11 is 6.21. The number of unbranched alkanes of at least 4 members (excludes halogenated alkanes) is 1. The van der Waals surface area contributed by atoms with Crippen molar-refractivity contribution in [1.29, 1.82) is 0 Å². The predicted molar refractivity (Wildman–Crippen MR) is 102 cm³/mol. The molecule has 0 unspecified atom stereocenters. The number of hydrogen-bond donors (Lipinski definition) is 2. The molecule has 1 aromatic carbocycles. The lowest BCUT2D eigenvalue weighted by molar-refractivity contribution is -0.143. The Labute approximate surface area is 163 Å². The molecule has 0 bridgehead atoms. The van der Waals surface area contributed by atoms with E-state index >= 15 is 0 Å². The fourth-order valence-electron chi connectivity index (χ4n) is 4.88. The quantitative estimate of drug-likeness (QED) is 0.775. The standard InChI is InChI=1S/C20H24ClN3O3/c1-4-5-8-24-17(25)14-15(18(24)26)20(23-16(14)10(2)3)12-9-11(21)6-7-13(12)22-19(20)27/h6-7,9-10,14-16,23H,4-5,8H2,1-3H3,(H,22,27)/t14-,15+,16-,20-/m0/s1. The second kappa shape index (κ2) is 6.31. The van der Waals surface area contributed by atoms with E-state index in [-0.39, 0.29) is 29.7 Å². The van der Waals surface area contributed by atoms with E-state index in [1.54, 1.807) is 18.2 Å². The van der Waals surface area contributed by atoms with E-state index in [0.29, 0.717) is 22.8 Å². The number of carbonyl (C=O) groups excluding carboxylic acids is 3. The maximum Gasteiger partial charge on any atom is 0.250 e. The second-order valence-corrected chi connectivity index (χ2v) is 8.49. The van der Waals surface area contributed by atoms with Crippen molar-refractivity contribution < 1.29 is 14.4 Å². The number of fused-ring (bicyclic) bond motifs is 4. The summed E-state index contributed by atoms with van der Waals surface area (Å²) in [5, 5.41) is 6.78. The normalized spacial score (nSPS) is 31.8. The molecule has 1 spiro atoms. The zero-order valence-corrected chi connectivity index (χ0v) is 16.5. The molecule has 0 saturated carbocycles. The van der Waals surface area contributed by atoms with Crippen LogP contribution < -0.4 is 10.6 Å². The first-order chi connectivity index (χ1) is 12.8. The van der Waals surface area contributed by atoms with Gasteiger partial charge < -0.3 is 5.32 Å². The number of amides is 3. The Morgan fingerprint density at radius 1 is 1.22 bits per heavy atom. The number of hydrogen-bond acceptors (Lipinski definition) is 4. The van der Waals surface area contributed by atoms with Gasteiger partial charge in [0.25, 0.3) is 0 Å². The van der Waals surface area contributed by atoms with Crippen LogP contribution in [0.25, 0.3) is 0 Å². The first-order valence-electron chi connectivity index (χ1n) is 9.57. The van der Waals surface area contributed by atoms with Gasteiger partial charge in [0.15, 0.2) is 0 Å². The number of halogens is 1. The highest BCUT2D eigenvalue weighted by Gasteiger charge is 2.70. The molecule has 4 rings (SSSR count). The smallest absolute Gasteiger partial charge is 0.250 e. The van der Waals surface area contributed by atoms with Crippen LogP contribution in [0.3, 0.4) is 0 Å². The molecule has 2 fully saturated rings. The fourth-order valence-corrected chi connectivity index (χ4v) is 5.05. The minimum absolute atomic E-state index is 0.0933. The average molecular weight is 390 g/mol. The van der Waals surface area contributed by atoms with Gasteiger partial charge in [0.05, 0.1) is 11.8 Å². The van der Waals surface area contributed by atoms with Crippen LogP contribution in [-0.2, 0) is 19.9 Å². The monoisotopic (exact) mass is 389 g/mol. The molecule has 4 atom stereocenters. The Balaban J connectivity index is 1.86. The van der Waals surface area contributed by atoms with Crippen molar-refractivity contribution in [1.82, 2.24) is 10.2 Å². The molecule has 0 radical (unpaired) electrons. The van der Waals surface area contributed by atoms with E-state index in [2.05, 4.69) is 10.6 Å². The van der Waals surface area contributed by atoms with Gasteiger partial charge in [0.2, 0.25) is 17.7 Å². The SMILES string of the molecule is CCCCN1C(=O)[C@@H]2[C@H](C(C)C)N[C@]3(C(=O)Nc4ccc(Cl)cc43)[C@H]2C1=O. The third kappa shape index (κ3) is 2.39. The first kappa shape index (κ1) is 18.4. The number of nitrogens with one attached hydrogen (secondary N) is 2. The molecule has 0 aromatic heterocycles. The topological polar surface area (TPSA) is 78.5 Å². The highest BCUT2D eigenvalue weighted by Crippen LogP contribution is 2.54. The van der Waals surface area contributed by atoms with Gasteiger partial charge in [-0.2, -0.15) is 0 Å². The Kier molecular flexibility index (Phi) is 4.31. The molecular formula is C20H24ClN3O3. The maximum absolute atomic E-state index is 13.3. The summed E-state index contributed by atoms with van der Waals surface area (Å²) in [7, 11) is 0. The molecular weight excluding hydrogens is 366 g/mol. The van der Waals surface area contributed by atoms with Crippen LogP contribution in [0.2, 0.25) is 5.02 Å². The largest absolute Gasteiger partial charge is 0.324 e. The van der Waals surface area contributed by atoms with Crippen molar-refractivity contribution in [3.63, 3.8) is 0 Å². The number of likely N-dealkylation sites (tertiary alicyclic amines) is 1. The number of benzene rings is 1. The van der Waals surface area contributed by atoms with Crippen LogP contribution in [0.1, 0.15) is 39.2 Å². The van der Waals surface area contributed by atoms with Gasteiger partial charge in [0, 0.05) is 28.9 Å². The lowest BCUT2D eigenvalue weighted by Crippen LogP contribution is -2.54. The lowest BCUT2D eigenvalue weighted by atomic mass is 9.76. The number of anilines is 1. The van der Waals surface area contributed by atoms with Crippen molar-refractivity contribution in [2.24, 2.45) is 17.8 Å². The summed E-state index contributed by atoms with van der Waals surface area (Å²) in [5.74, 6) is -1.88. The van der Waals surface area contributed by atoms with Crippen LogP contribution in [0, 0.1) is 17.8 Å². The van der Waals surface area contributed by atoms with Crippen LogP contribution in [-0.4, -0.2) is 35.2 Å². The molecule has 2 N–H and O–H groups in total. The highest BCUT2D eigenvalue weighted by atomic mass is 35.5. The van der Waals surface area contributed by atoms with Crippen molar-refractivity contribution in [3.8, 4) is 0 Å². The molecule has 27 heavy (non-hydrogen) atoms. The van der Waals surface area contributed by atoms with E-state index in [1.165, 1.54) is 4.90 Å².